The molecule has 2 aromatic rings. The molecular weight excluding hydrogens is 365 g/mol. The van der Waals surface area contributed by atoms with Crippen molar-refractivity contribution in [3.8, 4) is 6.07 Å². The van der Waals surface area contributed by atoms with Crippen LogP contribution in [-0.4, -0.2) is 39.5 Å². The van der Waals surface area contributed by atoms with Crippen LogP contribution in [0.2, 0.25) is 0 Å². The summed E-state index contributed by atoms with van der Waals surface area (Å²) >= 11 is 0. The summed E-state index contributed by atoms with van der Waals surface area (Å²) in [5, 5.41) is 9.39. The zero-order valence-electron chi connectivity index (χ0n) is 15.0. The molecule has 1 aliphatic heterocycles. The number of piperazine rings is 1. The monoisotopic (exact) mass is 385 g/mol. The van der Waals surface area contributed by atoms with Crippen molar-refractivity contribution in [3.05, 3.63) is 71.0 Å². The molecule has 0 radical (unpaired) electrons. The van der Waals surface area contributed by atoms with E-state index in [2.05, 4.69) is 4.90 Å². The Kier molecular flexibility index (Phi) is 5.47. The summed E-state index contributed by atoms with van der Waals surface area (Å²) in [5.41, 5.74) is 1.88. The molecule has 0 bridgehead atoms. The lowest BCUT2D eigenvalue weighted by atomic mass is 10.2. The highest BCUT2D eigenvalue weighted by molar-refractivity contribution is 7.95. The first-order valence-corrected chi connectivity index (χ1v) is 10.1. The molecule has 0 saturated carbocycles. The molecule has 1 heterocycles. The normalized spacial score (nSPS) is 15.5. The molecule has 3 rings (SSSR count). The number of rotatable bonds is 4. The fourth-order valence-electron chi connectivity index (χ4n) is 2.93. The van der Waals surface area contributed by atoms with Crippen LogP contribution in [0.4, 0.5) is 10.1 Å². The largest absolute Gasteiger partial charge is 0.372 e. The molecule has 1 saturated heterocycles. The van der Waals surface area contributed by atoms with Gasteiger partial charge in [-0.3, -0.25) is 0 Å². The molecule has 7 heteroatoms. The smallest absolute Gasteiger partial charge is 0.218 e. The molecular formula is C20H20FN3O2S. The van der Waals surface area contributed by atoms with Crippen LogP contribution in [0, 0.1) is 24.1 Å². The van der Waals surface area contributed by atoms with E-state index in [0.29, 0.717) is 26.2 Å². The van der Waals surface area contributed by atoms with Crippen LogP contribution in [0.3, 0.4) is 0 Å². The highest BCUT2D eigenvalue weighted by Gasteiger charge is 2.23. The van der Waals surface area contributed by atoms with Crippen LogP contribution in [-0.2, 0) is 9.84 Å². The molecule has 0 amide bonds. The van der Waals surface area contributed by atoms with Crippen molar-refractivity contribution in [1.29, 1.82) is 5.26 Å². The maximum Gasteiger partial charge on any atom is 0.218 e. The van der Waals surface area contributed by atoms with E-state index in [1.54, 1.807) is 24.3 Å². The van der Waals surface area contributed by atoms with Crippen molar-refractivity contribution in [2.24, 2.45) is 0 Å². The maximum atomic E-state index is 13.1. The Morgan fingerprint density at radius 2 is 1.63 bits per heavy atom. The molecule has 2 aromatic carbocycles. The van der Waals surface area contributed by atoms with Gasteiger partial charge in [0.25, 0.3) is 0 Å². The third kappa shape index (κ3) is 4.29. The minimum Gasteiger partial charge on any atom is -0.372 e. The zero-order chi connectivity index (χ0) is 19.4. The van der Waals surface area contributed by atoms with Crippen LogP contribution < -0.4 is 4.90 Å². The molecule has 0 aromatic heterocycles. The molecule has 1 aliphatic rings. The van der Waals surface area contributed by atoms with Crippen molar-refractivity contribution >= 4 is 15.5 Å². The SMILES string of the molecule is Cc1ccc(S(=O)(=O)/C(C#N)=C/N2CCN(c3ccc(F)cc3)CC2)cc1. The number of aryl methyl sites for hydroxylation is 1. The van der Waals surface area contributed by atoms with E-state index in [-0.39, 0.29) is 15.6 Å². The Balaban J connectivity index is 1.73. The van der Waals surface area contributed by atoms with Crippen molar-refractivity contribution in [3.63, 3.8) is 0 Å². The number of benzene rings is 2. The predicted molar refractivity (Wildman–Crippen MR) is 102 cm³/mol. The van der Waals surface area contributed by atoms with Crippen molar-refractivity contribution in [1.82, 2.24) is 4.90 Å². The van der Waals surface area contributed by atoms with Gasteiger partial charge in [0.15, 0.2) is 4.91 Å². The number of nitriles is 1. The maximum absolute atomic E-state index is 13.1. The van der Waals surface area contributed by atoms with Crippen molar-refractivity contribution < 1.29 is 12.8 Å². The average molecular weight is 385 g/mol. The second-order valence-electron chi connectivity index (χ2n) is 6.42. The summed E-state index contributed by atoms with van der Waals surface area (Å²) in [4.78, 5) is 3.79. The minimum absolute atomic E-state index is 0.117. The molecule has 1 fully saturated rings. The van der Waals surface area contributed by atoms with Crippen molar-refractivity contribution in [2.45, 2.75) is 11.8 Å². The van der Waals surface area contributed by atoms with E-state index in [1.165, 1.54) is 30.5 Å². The van der Waals surface area contributed by atoms with Gasteiger partial charge in [0.05, 0.1) is 4.90 Å². The topological polar surface area (TPSA) is 64.4 Å². The molecule has 0 unspecified atom stereocenters. The van der Waals surface area contributed by atoms with Gasteiger partial charge in [0, 0.05) is 38.1 Å². The van der Waals surface area contributed by atoms with Crippen LogP contribution in [0.5, 0.6) is 0 Å². The fourth-order valence-corrected chi connectivity index (χ4v) is 4.09. The van der Waals surface area contributed by atoms with Gasteiger partial charge in [0.1, 0.15) is 11.9 Å². The summed E-state index contributed by atoms with van der Waals surface area (Å²) in [6.07, 6.45) is 1.43. The van der Waals surface area contributed by atoms with Gasteiger partial charge in [-0.15, -0.1) is 0 Å². The van der Waals surface area contributed by atoms with Crippen LogP contribution in [0.15, 0.2) is 64.5 Å². The third-order valence-electron chi connectivity index (χ3n) is 4.54. The third-order valence-corrected chi connectivity index (χ3v) is 6.21. The zero-order valence-corrected chi connectivity index (χ0v) is 15.8. The lowest BCUT2D eigenvalue weighted by molar-refractivity contribution is 0.348. The van der Waals surface area contributed by atoms with Crippen LogP contribution in [0.1, 0.15) is 5.56 Å². The Morgan fingerprint density at radius 3 is 2.19 bits per heavy atom. The summed E-state index contributed by atoms with van der Waals surface area (Å²) in [7, 11) is -3.83. The van der Waals surface area contributed by atoms with Crippen LogP contribution in [0.25, 0.3) is 0 Å². The van der Waals surface area contributed by atoms with E-state index in [1.807, 2.05) is 17.9 Å². The second kappa shape index (κ2) is 7.80. The van der Waals surface area contributed by atoms with E-state index < -0.39 is 9.84 Å². The summed E-state index contributed by atoms with van der Waals surface area (Å²) in [6.45, 7) is 4.34. The Morgan fingerprint density at radius 1 is 1.04 bits per heavy atom. The Hall–Kier alpha value is -2.85. The highest BCUT2D eigenvalue weighted by atomic mass is 32.2. The quantitative estimate of drug-likeness (QED) is 0.757. The first-order chi connectivity index (χ1) is 12.9. The number of hydrogen-bond acceptors (Lipinski definition) is 5. The average Bonchev–Trinajstić information content (AvgIpc) is 2.67. The first kappa shape index (κ1) is 18.9. The number of halogens is 1. The van der Waals surface area contributed by atoms with E-state index in [4.69, 9.17) is 0 Å². The highest BCUT2D eigenvalue weighted by Crippen LogP contribution is 2.21. The van der Waals surface area contributed by atoms with E-state index in [9.17, 15) is 18.1 Å². The van der Waals surface area contributed by atoms with E-state index >= 15 is 0 Å². The number of anilines is 1. The predicted octanol–water partition coefficient (Wildman–Crippen LogP) is 3.10. The molecule has 0 N–H and O–H groups in total. The molecule has 0 atom stereocenters. The summed E-state index contributed by atoms with van der Waals surface area (Å²) < 4.78 is 38.5. The molecule has 0 aliphatic carbocycles. The molecule has 140 valence electrons. The number of sulfone groups is 1. The Labute approximate surface area is 158 Å². The van der Waals surface area contributed by atoms with Gasteiger partial charge >= 0.3 is 0 Å². The first-order valence-electron chi connectivity index (χ1n) is 8.58. The van der Waals surface area contributed by atoms with Gasteiger partial charge in [-0.2, -0.15) is 5.26 Å². The standard InChI is InChI=1S/C20H20FN3O2S/c1-16-2-8-19(9-3-16)27(25,26)20(14-22)15-23-10-12-24(13-11-23)18-6-4-17(21)5-7-18/h2-9,15H,10-13H2,1H3/b20-15+. The number of allylic oxidation sites excluding steroid dienone is 1. The van der Waals surface area contributed by atoms with Gasteiger partial charge in [-0.25, -0.2) is 12.8 Å². The second-order valence-corrected chi connectivity index (χ2v) is 8.34. The minimum atomic E-state index is -3.83. The lowest BCUT2D eigenvalue weighted by Crippen LogP contribution is -2.44. The molecule has 27 heavy (non-hydrogen) atoms. The van der Waals surface area contributed by atoms with E-state index in [0.717, 1.165) is 11.3 Å². The number of nitrogens with zero attached hydrogens (tertiary/aromatic N) is 3. The van der Waals surface area contributed by atoms with Gasteiger partial charge in [0.2, 0.25) is 9.84 Å². The molecule has 0 spiro atoms. The Bertz CT molecular complexity index is 969. The molecule has 5 nitrogen and oxygen atoms in total. The van der Waals surface area contributed by atoms with Gasteiger partial charge < -0.3 is 9.80 Å². The fraction of sp³-hybridized carbons (Fsp3) is 0.250. The van der Waals surface area contributed by atoms with Crippen molar-refractivity contribution in [2.75, 3.05) is 31.1 Å². The number of hydrogen-bond donors (Lipinski definition) is 0. The summed E-state index contributed by atoms with van der Waals surface area (Å²) in [6, 6.07) is 14.6. The lowest BCUT2D eigenvalue weighted by Gasteiger charge is -2.35. The van der Waals surface area contributed by atoms with Gasteiger partial charge in [-0.05, 0) is 43.3 Å². The van der Waals surface area contributed by atoms with Crippen LogP contribution >= 0.6 is 0 Å². The summed E-state index contributed by atoms with van der Waals surface area (Å²) in [5.74, 6) is -0.278. The van der Waals surface area contributed by atoms with Gasteiger partial charge in [-0.1, -0.05) is 17.7 Å².